The van der Waals surface area contributed by atoms with E-state index in [1.54, 1.807) is 6.07 Å². The van der Waals surface area contributed by atoms with Crippen LogP contribution in [-0.4, -0.2) is 11.1 Å². The predicted octanol–water partition coefficient (Wildman–Crippen LogP) is 1.94. The third-order valence-corrected chi connectivity index (χ3v) is 2.02. The first-order valence-electron chi connectivity index (χ1n) is 4.62. The molecule has 0 aliphatic rings. The molecule has 0 atom stereocenters. The van der Waals surface area contributed by atoms with E-state index in [4.69, 9.17) is 5.26 Å². The lowest BCUT2D eigenvalue weighted by molar-refractivity contribution is 0.101. The molecule has 84 valence electrons. The average Bonchev–Trinajstić information content (AvgIpc) is 2.85. The zero-order valence-corrected chi connectivity index (χ0v) is 8.48. The lowest BCUT2D eigenvalue weighted by Crippen LogP contribution is -2.12. The van der Waals surface area contributed by atoms with Gasteiger partial charge in [-0.25, -0.2) is 4.39 Å². The van der Waals surface area contributed by atoms with Crippen LogP contribution in [0.25, 0.3) is 0 Å². The number of benzene rings is 1. The normalized spacial score (nSPS) is 9.65. The van der Waals surface area contributed by atoms with E-state index in [0.717, 1.165) is 6.07 Å². The van der Waals surface area contributed by atoms with Crippen LogP contribution in [0.2, 0.25) is 0 Å². The summed E-state index contributed by atoms with van der Waals surface area (Å²) in [5.41, 5.74) is 0.284. The van der Waals surface area contributed by atoms with Gasteiger partial charge in [0.05, 0.1) is 5.56 Å². The largest absolute Gasteiger partial charge is 0.364 e. The zero-order valence-electron chi connectivity index (χ0n) is 8.48. The van der Waals surface area contributed by atoms with E-state index in [1.807, 2.05) is 0 Å². The molecule has 1 aromatic carbocycles. The lowest BCUT2D eigenvalue weighted by Gasteiger charge is -2.03. The van der Waals surface area contributed by atoms with Gasteiger partial charge in [0.1, 0.15) is 18.1 Å². The van der Waals surface area contributed by atoms with Crippen LogP contribution in [0.5, 0.6) is 0 Å². The van der Waals surface area contributed by atoms with Crippen LogP contribution in [0.4, 0.5) is 10.1 Å². The number of nitriles is 1. The van der Waals surface area contributed by atoms with Gasteiger partial charge in [-0.1, -0.05) is 5.16 Å². The van der Waals surface area contributed by atoms with E-state index < -0.39 is 11.7 Å². The number of hydrogen-bond acceptors (Lipinski definition) is 4. The minimum Gasteiger partial charge on any atom is -0.364 e. The number of hydrogen-bond donors (Lipinski definition) is 1. The maximum Gasteiger partial charge on any atom is 0.277 e. The minimum absolute atomic E-state index is 0.104. The highest BCUT2D eigenvalue weighted by Crippen LogP contribution is 2.14. The van der Waals surface area contributed by atoms with Crippen molar-refractivity contribution in [2.45, 2.75) is 0 Å². The molecule has 0 spiro atoms. The second-order valence-corrected chi connectivity index (χ2v) is 3.15. The van der Waals surface area contributed by atoms with Crippen molar-refractivity contribution in [2.75, 3.05) is 5.32 Å². The van der Waals surface area contributed by atoms with Crippen molar-refractivity contribution < 1.29 is 13.7 Å². The molecule has 0 aliphatic carbocycles. The third kappa shape index (κ3) is 2.29. The Bertz CT molecular complexity index is 587. The van der Waals surface area contributed by atoms with E-state index in [2.05, 4.69) is 15.0 Å². The number of amides is 1. The second kappa shape index (κ2) is 4.45. The summed E-state index contributed by atoms with van der Waals surface area (Å²) < 4.78 is 17.5. The first-order valence-corrected chi connectivity index (χ1v) is 4.62. The Labute approximate surface area is 95.5 Å². The summed E-state index contributed by atoms with van der Waals surface area (Å²) in [6.07, 6.45) is 1.26. The van der Waals surface area contributed by atoms with Crippen LogP contribution >= 0.6 is 0 Å². The van der Waals surface area contributed by atoms with Crippen LogP contribution in [0.15, 0.2) is 35.1 Å². The van der Waals surface area contributed by atoms with Crippen LogP contribution in [-0.2, 0) is 0 Å². The van der Waals surface area contributed by atoms with Gasteiger partial charge >= 0.3 is 0 Å². The Morgan fingerprint density at radius 3 is 2.94 bits per heavy atom. The molecule has 6 heteroatoms. The summed E-state index contributed by atoms with van der Waals surface area (Å²) in [5, 5.41) is 14.5. The van der Waals surface area contributed by atoms with Gasteiger partial charge < -0.3 is 9.84 Å². The van der Waals surface area contributed by atoms with Crippen molar-refractivity contribution in [1.82, 2.24) is 5.16 Å². The topological polar surface area (TPSA) is 78.9 Å². The Hall–Kier alpha value is -2.68. The van der Waals surface area contributed by atoms with Gasteiger partial charge in [0.15, 0.2) is 5.69 Å². The van der Waals surface area contributed by atoms with Crippen molar-refractivity contribution >= 4 is 11.6 Å². The molecular formula is C11H6FN3O2. The van der Waals surface area contributed by atoms with E-state index in [-0.39, 0.29) is 11.3 Å². The van der Waals surface area contributed by atoms with Crippen molar-refractivity contribution in [2.24, 2.45) is 0 Å². The quantitative estimate of drug-likeness (QED) is 0.856. The number of nitrogens with zero attached hydrogens (tertiary/aromatic N) is 2. The minimum atomic E-state index is -0.632. The standard InChI is InChI=1S/C11H6FN3O2/c12-9-2-1-8(5-7(9)6-13)14-11(16)10-3-4-17-15-10/h1-5H,(H,14,16). The van der Waals surface area contributed by atoms with Gasteiger partial charge in [-0.3, -0.25) is 4.79 Å². The van der Waals surface area contributed by atoms with Gasteiger partial charge in [0.2, 0.25) is 0 Å². The molecule has 0 aliphatic heterocycles. The smallest absolute Gasteiger partial charge is 0.277 e. The highest BCUT2D eigenvalue weighted by atomic mass is 19.1. The summed E-state index contributed by atoms with van der Waals surface area (Å²) >= 11 is 0. The molecule has 0 saturated heterocycles. The SMILES string of the molecule is N#Cc1cc(NC(=O)c2ccon2)ccc1F. The molecule has 0 bridgehead atoms. The fraction of sp³-hybridized carbons (Fsp3) is 0. The predicted molar refractivity (Wildman–Crippen MR) is 55.6 cm³/mol. The summed E-state index contributed by atoms with van der Waals surface area (Å²) in [7, 11) is 0. The van der Waals surface area contributed by atoms with Gasteiger partial charge in [-0.05, 0) is 18.2 Å². The molecule has 17 heavy (non-hydrogen) atoms. The number of carbonyl (C=O) groups is 1. The molecule has 0 radical (unpaired) electrons. The third-order valence-electron chi connectivity index (χ3n) is 2.02. The fourth-order valence-electron chi connectivity index (χ4n) is 1.21. The van der Waals surface area contributed by atoms with Crippen LogP contribution < -0.4 is 5.32 Å². The van der Waals surface area contributed by atoms with Crippen LogP contribution in [0.1, 0.15) is 16.1 Å². The van der Waals surface area contributed by atoms with Crippen LogP contribution in [0.3, 0.4) is 0 Å². The Morgan fingerprint density at radius 2 is 2.29 bits per heavy atom. The Morgan fingerprint density at radius 1 is 1.47 bits per heavy atom. The Kier molecular flexibility index (Phi) is 2.83. The van der Waals surface area contributed by atoms with Crippen molar-refractivity contribution in [3.63, 3.8) is 0 Å². The maximum atomic E-state index is 13.0. The molecule has 1 N–H and O–H groups in total. The number of nitrogens with one attached hydrogen (secondary N) is 1. The molecule has 1 heterocycles. The van der Waals surface area contributed by atoms with E-state index >= 15 is 0 Å². The molecule has 5 nitrogen and oxygen atoms in total. The highest BCUT2D eigenvalue weighted by molar-refractivity contribution is 6.02. The lowest BCUT2D eigenvalue weighted by atomic mass is 10.2. The molecule has 2 aromatic rings. The molecule has 0 saturated carbocycles. The van der Waals surface area contributed by atoms with Gasteiger partial charge in [-0.15, -0.1) is 0 Å². The van der Waals surface area contributed by atoms with E-state index in [1.165, 1.54) is 24.5 Å². The van der Waals surface area contributed by atoms with Gasteiger partial charge in [-0.2, -0.15) is 5.26 Å². The number of aromatic nitrogens is 1. The summed E-state index contributed by atoms with van der Waals surface area (Å²) in [6, 6.07) is 6.78. The molecule has 2 rings (SSSR count). The second-order valence-electron chi connectivity index (χ2n) is 3.15. The van der Waals surface area contributed by atoms with Crippen LogP contribution in [0, 0.1) is 17.1 Å². The van der Waals surface area contributed by atoms with E-state index in [0.29, 0.717) is 5.69 Å². The van der Waals surface area contributed by atoms with Gasteiger partial charge in [0.25, 0.3) is 5.91 Å². The van der Waals surface area contributed by atoms with Gasteiger partial charge in [0, 0.05) is 11.8 Å². The Balaban J connectivity index is 2.20. The molecule has 1 aromatic heterocycles. The summed E-state index contributed by atoms with van der Waals surface area (Å²) in [6.45, 7) is 0. The number of carbonyl (C=O) groups excluding carboxylic acids is 1. The monoisotopic (exact) mass is 231 g/mol. The van der Waals surface area contributed by atoms with Crippen molar-refractivity contribution in [3.8, 4) is 6.07 Å². The average molecular weight is 231 g/mol. The van der Waals surface area contributed by atoms with E-state index in [9.17, 15) is 9.18 Å². The highest BCUT2D eigenvalue weighted by Gasteiger charge is 2.10. The molecule has 0 fully saturated rings. The summed E-state index contributed by atoms with van der Waals surface area (Å²) in [4.78, 5) is 11.5. The maximum absolute atomic E-state index is 13.0. The van der Waals surface area contributed by atoms with Crippen molar-refractivity contribution in [3.05, 3.63) is 47.6 Å². The molecule has 1 amide bonds. The number of anilines is 1. The van der Waals surface area contributed by atoms with Crippen molar-refractivity contribution in [1.29, 1.82) is 5.26 Å². The summed E-state index contributed by atoms with van der Waals surface area (Å²) in [5.74, 6) is -1.12. The zero-order chi connectivity index (χ0) is 12.3. The fourth-order valence-corrected chi connectivity index (χ4v) is 1.21. The first kappa shape index (κ1) is 10.8. The first-order chi connectivity index (χ1) is 8.20. The molecular weight excluding hydrogens is 225 g/mol. The number of rotatable bonds is 2. The molecule has 0 unspecified atom stereocenters. The number of halogens is 1.